The molecule has 2 rings (SSSR count). The van der Waals surface area contributed by atoms with Gasteiger partial charge in [0.15, 0.2) is 0 Å². The van der Waals surface area contributed by atoms with Crippen molar-refractivity contribution in [1.82, 2.24) is 0 Å². The molecule has 2 aromatic rings. The maximum absolute atomic E-state index is 11.4. The number of carboxylic acid groups (broad SMARTS) is 1. The molecule has 88 valence electrons. The van der Waals surface area contributed by atoms with Crippen molar-refractivity contribution >= 4 is 33.2 Å². The maximum Gasteiger partial charge on any atom is 0.311 e. The summed E-state index contributed by atoms with van der Waals surface area (Å²) in [5.41, 5.74) is 1.89. The molecular weight excluding hydrogens is 300 g/mol. The molecule has 0 aliphatic heterocycles. The van der Waals surface area contributed by atoms with Crippen molar-refractivity contribution in [3.8, 4) is 0 Å². The molecule has 1 heterocycles. The fraction of sp³-hybridized carbons (Fsp3) is 0.154. The molecule has 1 aromatic carbocycles. The maximum atomic E-state index is 11.4. The molecule has 4 heteroatoms. The van der Waals surface area contributed by atoms with E-state index >= 15 is 0 Å². The summed E-state index contributed by atoms with van der Waals surface area (Å²) in [6, 6.07) is 9.45. The van der Waals surface area contributed by atoms with Gasteiger partial charge in [-0.25, -0.2) is 0 Å². The first-order valence-corrected chi connectivity index (χ1v) is 6.90. The first-order valence-electron chi connectivity index (χ1n) is 5.17. The number of hydrogen-bond donors (Lipinski definition) is 1. The zero-order chi connectivity index (χ0) is 12.3. The second-order valence-electron chi connectivity index (χ2n) is 3.75. The predicted octanol–water partition coefficient (Wildman–Crippen LogP) is 3.92. The summed E-state index contributed by atoms with van der Waals surface area (Å²) in [7, 11) is 0. The number of aliphatic carboxylic acids is 1. The largest absolute Gasteiger partial charge is 0.481 e. The molecule has 0 spiro atoms. The summed E-state index contributed by atoms with van der Waals surface area (Å²) < 4.78 is 0.850. The SMILES string of the molecule is O=C(O)C(Cc1ccsc1)c1ccccc1Br. The molecule has 2 nitrogen and oxygen atoms in total. The Bertz CT molecular complexity index is 508. The average Bonchev–Trinajstić information content (AvgIpc) is 2.79. The fourth-order valence-corrected chi connectivity index (χ4v) is 2.98. The number of rotatable bonds is 4. The second-order valence-corrected chi connectivity index (χ2v) is 5.38. The monoisotopic (exact) mass is 310 g/mol. The van der Waals surface area contributed by atoms with Gasteiger partial charge in [-0.15, -0.1) is 0 Å². The molecule has 0 fully saturated rings. The number of carboxylic acids is 1. The standard InChI is InChI=1S/C13H11BrO2S/c14-12-4-2-1-3-10(12)11(13(15)16)7-9-5-6-17-8-9/h1-6,8,11H,7H2,(H,15,16). The Morgan fingerprint density at radius 3 is 2.71 bits per heavy atom. The lowest BCUT2D eigenvalue weighted by atomic mass is 9.93. The Balaban J connectivity index is 2.30. The van der Waals surface area contributed by atoms with Crippen LogP contribution >= 0.6 is 27.3 Å². The zero-order valence-electron chi connectivity index (χ0n) is 8.97. The smallest absolute Gasteiger partial charge is 0.311 e. The lowest BCUT2D eigenvalue weighted by molar-refractivity contribution is -0.138. The van der Waals surface area contributed by atoms with Crippen molar-refractivity contribution in [2.24, 2.45) is 0 Å². The minimum Gasteiger partial charge on any atom is -0.481 e. The van der Waals surface area contributed by atoms with Crippen LogP contribution in [0.25, 0.3) is 0 Å². The lowest BCUT2D eigenvalue weighted by Crippen LogP contribution is -2.14. The van der Waals surface area contributed by atoms with Crippen LogP contribution in [0.2, 0.25) is 0 Å². The van der Waals surface area contributed by atoms with Gasteiger partial charge in [-0.3, -0.25) is 4.79 Å². The molecule has 1 unspecified atom stereocenters. The summed E-state index contributed by atoms with van der Waals surface area (Å²) in [5.74, 6) is -1.29. The Labute approximate surface area is 112 Å². The third-order valence-corrected chi connectivity index (χ3v) is 4.05. The Kier molecular flexibility index (Phi) is 3.97. The highest BCUT2D eigenvalue weighted by Gasteiger charge is 2.22. The number of hydrogen-bond acceptors (Lipinski definition) is 2. The molecule has 0 bridgehead atoms. The number of thiophene rings is 1. The lowest BCUT2D eigenvalue weighted by Gasteiger charge is -2.13. The second kappa shape index (κ2) is 5.47. The van der Waals surface area contributed by atoms with Crippen molar-refractivity contribution in [2.75, 3.05) is 0 Å². The van der Waals surface area contributed by atoms with Crippen LogP contribution in [-0.2, 0) is 11.2 Å². The summed E-state index contributed by atoms with van der Waals surface area (Å²) in [6.07, 6.45) is 0.529. The number of halogens is 1. The molecule has 1 N–H and O–H groups in total. The van der Waals surface area contributed by atoms with E-state index in [-0.39, 0.29) is 0 Å². The van der Waals surface area contributed by atoms with Crippen LogP contribution in [0.1, 0.15) is 17.0 Å². The first kappa shape index (κ1) is 12.3. The first-order chi connectivity index (χ1) is 8.18. The van der Waals surface area contributed by atoms with Crippen molar-refractivity contribution in [3.63, 3.8) is 0 Å². The van der Waals surface area contributed by atoms with Gasteiger partial charge < -0.3 is 5.11 Å². The van der Waals surface area contributed by atoms with Gasteiger partial charge in [0.25, 0.3) is 0 Å². The summed E-state index contributed by atoms with van der Waals surface area (Å²) in [4.78, 5) is 11.4. The van der Waals surface area contributed by atoms with E-state index in [9.17, 15) is 9.90 Å². The zero-order valence-corrected chi connectivity index (χ0v) is 11.4. The van der Waals surface area contributed by atoms with E-state index in [1.165, 1.54) is 0 Å². The van der Waals surface area contributed by atoms with E-state index in [1.54, 1.807) is 11.3 Å². The molecule has 1 aromatic heterocycles. The van der Waals surface area contributed by atoms with Gasteiger partial charge in [-0.05, 0) is 40.4 Å². The van der Waals surface area contributed by atoms with Crippen molar-refractivity contribution in [3.05, 3.63) is 56.7 Å². The molecule has 0 aliphatic carbocycles. The van der Waals surface area contributed by atoms with E-state index < -0.39 is 11.9 Å². The van der Waals surface area contributed by atoms with Crippen molar-refractivity contribution in [1.29, 1.82) is 0 Å². The van der Waals surface area contributed by atoms with Gasteiger partial charge in [0, 0.05) is 4.47 Å². The van der Waals surface area contributed by atoms with Gasteiger partial charge in [0.2, 0.25) is 0 Å². The van der Waals surface area contributed by atoms with Crippen LogP contribution < -0.4 is 0 Å². The van der Waals surface area contributed by atoms with Crippen LogP contribution in [0.5, 0.6) is 0 Å². The third kappa shape index (κ3) is 2.96. The normalized spacial score (nSPS) is 12.3. The highest BCUT2D eigenvalue weighted by Crippen LogP contribution is 2.28. The molecular formula is C13H11BrO2S. The van der Waals surface area contributed by atoms with Crippen LogP contribution in [0.4, 0.5) is 0 Å². The molecule has 0 saturated carbocycles. The highest BCUT2D eigenvalue weighted by molar-refractivity contribution is 9.10. The summed E-state index contributed by atoms with van der Waals surface area (Å²) in [6.45, 7) is 0. The fourth-order valence-electron chi connectivity index (χ4n) is 1.73. The van der Waals surface area contributed by atoms with Crippen molar-refractivity contribution in [2.45, 2.75) is 12.3 Å². The quantitative estimate of drug-likeness (QED) is 0.929. The van der Waals surface area contributed by atoms with Crippen LogP contribution in [0.15, 0.2) is 45.6 Å². The third-order valence-electron chi connectivity index (χ3n) is 2.60. The molecule has 0 saturated heterocycles. The minimum absolute atomic E-state index is 0.500. The number of benzene rings is 1. The van der Waals surface area contributed by atoms with Gasteiger partial charge >= 0.3 is 5.97 Å². The Morgan fingerprint density at radius 2 is 2.12 bits per heavy atom. The van der Waals surface area contributed by atoms with Crippen molar-refractivity contribution < 1.29 is 9.90 Å². The van der Waals surface area contributed by atoms with E-state index in [1.807, 2.05) is 41.1 Å². The van der Waals surface area contributed by atoms with Gasteiger partial charge in [-0.1, -0.05) is 34.1 Å². The molecule has 1 atom stereocenters. The van der Waals surface area contributed by atoms with Gasteiger partial charge in [0.05, 0.1) is 5.92 Å². The van der Waals surface area contributed by atoms with Crippen LogP contribution in [0.3, 0.4) is 0 Å². The molecule has 0 radical (unpaired) electrons. The van der Waals surface area contributed by atoms with Gasteiger partial charge in [0.1, 0.15) is 0 Å². The predicted molar refractivity (Wildman–Crippen MR) is 72.5 cm³/mol. The number of carbonyl (C=O) groups is 1. The van der Waals surface area contributed by atoms with E-state index in [4.69, 9.17) is 0 Å². The topological polar surface area (TPSA) is 37.3 Å². The van der Waals surface area contributed by atoms with E-state index in [0.717, 1.165) is 15.6 Å². The van der Waals surface area contributed by atoms with Gasteiger partial charge in [-0.2, -0.15) is 11.3 Å². The molecule has 0 amide bonds. The Morgan fingerprint density at radius 1 is 1.35 bits per heavy atom. The minimum atomic E-state index is -0.789. The van der Waals surface area contributed by atoms with E-state index in [2.05, 4.69) is 15.9 Å². The molecule has 17 heavy (non-hydrogen) atoms. The highest BCUT2D eigenvalue weighted by atomic mass is 79.9. The summed E-state index contributed by atoms with van der Waals surface area (Å²) >= 11 is 5.00. The van der Waals surface area contributed by atoms with Crippen LogP contribution in [-0.4, -0.2) is 11.1 Å². The van der Waals surface area contributed by atoms with Crippen LogP contribution in [0, 0.1) is 0 Å². The average molecular weight is 311 g/mol. The Hall–Kier alpha value is -1.13. The van der Waals surface area contributed by atoms with E-state index in [0.29, 0.717) is 6.42 Å². The summed E-state index contributed by atoms with van der Waals surface area (Å²) in [5, 5.41) is 13.3. The molecule has 0 aliphatic rings.